The maximum absolute atomic E-state index is 12.1. The Balaban J connectivity index is 0.00000144. The van der Waals surface area contributed by atoms with Gasteiger partial charge in [-0.15, -0.1) is 12.4 Å². The van der Waals surface area contributed by atoms with E-state index in [1.807, 2.05) is 6.07 Å². The standard InChI is InChI=1S/C9H9FN2.ClH/c10-5-9(12)8-3-1-2-7(4-8)6-11;/h1-4,9H,5,12H2;1H/t9-;/m1./s1. The zero-order valence-corrected chi connectivity index (χ0v) is 7.72. The molecule has 0 saturated carbocycles. The molecule has 1 atom stereocenters. The van der Waals surface area contributed by atoms with Crippen molar-refractivity contribution in [2.75, 3.05) is 6.67 Å². The van der Waals surface area contributed by atoms with Crippen molar-refractivity contribution in [1.82, 2.24) is 0 Å². The molecule has 0 spiro atoms. The Kier molecular flexibility index (Phi) is 5.05. The van der Waals surface area contributed by atoms with Crippen molar-refractivity contribution in [2.45, 2.75) is 6.04 Å². The molecule has 4 heteroatoms. The Morgan fingerprint density at radius 2 is 2.23 bits per heavy atom. The van der Waals surface area contributed by atoms with Crippen LogP contribution in [0.3, 0.4) is 0 Å². The predicted molar refractivity (Wildman–Crippen MR) is 51.3 cm³/mol. The minimum absolute atomic E-state index is 0. The van der Waals surface area contributed by atoms with Gasteiger partial charge in [-0.05, 0) is 17.7 Å². The summed E-state index contributed by atoms with van der Waals surface area (Å²) in [5.74, 6) is 0. The van der Waals surface area contributed by atoms with Crippen molar-refractivity contribution < 1.29 is 4.39 Å². The molecule has 0 radical (unpaired) electrons. The summed E-state index contributed by atoms with van der Waals surface area (Å²) in [6.07, 6.45) is 0. The number of benzene rings is 1. The fourth-order valence-electron chi connectivity index (χ4n) is 0.928. The van der Waals surface area contributed by atoms with Crippen LogP contribution in [0.1, 0.15) is 17.2 Å². The minimum atomic E-state index is -0.613. The molecule has 0 bridgehead atoms. The number of hydrogen-bond donors (Lipinski definition) is 1. The molecule has 0 fully saturated rings. The van der Waals surface area contributed by atoms with Crippen LogP contribution in [0.15, 0.2) is 24.3 Å². The Bertz CT molecular complexity index is 309. The number of alkyl halides is 1. The summed E-state index contributed by atoms with van der Waals surface area (Å²) in [7, 11) is 0. The lowest BCUT2D eigenvalue weighted by Gasteiger charge is -2.06. The van der Waals surface area contributed by atoms with Crippen molar-refractivity contribution in [3.8, 4) is 6.07 Å². The summed E-state index contributed by atoms with van der Waals surface area (Å²) < 4.78 is 12.1. The molecule has 0 aromatic heterocycles. The van der Waals surface area contributed by atoms with Gasteiger partial charge in [-0.3, -0.25) is 0 Å². The van der Waals surface area contributed by atoms with Crippen LogP contribution in [-0.2, 0) is 0 Å². The highest BCUT2D eigenvalue weighted by atomic mass is 35.5. The Labute approximate surface area is 82.6 Å². The Hall–Kier alpha value is -1.11. The molecule has 0 aliphatic heterocycles. The van der Waals surface area contributed by atoms with Gasteiger partial charge in [-0.25, -0.2) is 4.39 Å². The Morgan fingerprint density at radius 1 is 1.54 bits per heavy atom. The van der Waals surface area contributed by atoms with Gasteiger partial charge >= 0.3 is 0 Å². The molecule has 2 nitrogen and oxygen atoms in total. The number of nitrogens with two attached hydrogens (primary N) is 1. The number of nitriles is 1. The molecular formula is C9H10ClFN2. The highest BCUT2D eigenvalue weighted by Crippen LogP contribution is 2.11. The molecule has 13 heavy (non-hydrogen) atoms. The summed E-state index contributed by atoms with van der Waals surface area (Å²) in [5.41, 5.74) is 6.61. The molecule has 0 saturated heterocycles. The third kappa shape index (κ3) is 3.02. The third-order valence-electron chi connectivity index (χ3n) is 1.61. The largest absolute Gasteiger partial charge is 0.322 e. The molecule has 1 aromatic carbocycles. The van der Waals surface area contributed by atoms with Crippen LogP contribution >= 0.6 is 12.4 Å². The zero-order valence-electron chi connectivity index (χ0n) is 6.90. The van der Waals surface area contributed by atoms with E-state index >= 15 is 0 Å². The second kappa shape index (κ2) is 5.52. The van der Waals surface area contributed by atoms with Gasteiger partial charge in [0.1, 0.15) is 6.67 Å². The highest BCUT2D eigenvalue weighted by molar-refractivity contribution is 5.85. The molecule has 1 aromatic rings. The molecule has 0 aliphatic rings. The van der Waals surface area contributed by atoms with Gasteiger partial charge in [0, 0.05) is 0 Å². The first-order valence-electron chi connectivity index (χ1n) is 3.59. The van der Waals surface area contributed by atoms with Gasteiger partial charge in [0.2, 0.25) is 0 Å². The molecule has 70 valence electrons. The first kappa shape index (κ1) is 11.9. The van der Waals surface area contributed by atoms with Crippen LogP contribution in [0, 0.1) is 11.3 Å². The fourth-order valence-corrected chi connectivity index (χ4v) is 0.928. The van der Waals surface area contributed by atoms with Crippen LogP contribution in [0.4, 0.5) is 4.39 Å². The van der Waals surface area contributed by atoms with Crippen LogP contribution in [-0.4, -0.2) is 6.67 Å². The fraction of sp³-hybridized carbons (Fsp3) is 0.222. The van der Waals surface area contributed by atoms with E-state index in [-0.39, 0.29) is 12.4 Å². The summed E-state index contributed by atoms with van der Waals surface area (Å²) in [6.45, 7) is -0.602. The van der Waals surface area contributed by atoms with Gasteiger partial charge in [-0.2, -0.15) is 5.26 Å². The third-order valence-corrected chi connectivity index (χ3v) is 1.61. The quantitative estimate of drug-likeness (QED) is 0.794. The highest BCUT2D eigenvalue weighted by Gasteiger charge is 2.04. The van der Waals surface area contributed by atoms with E-state index in [0.717, 1.165) is 0 Å². The SMILES string of the molecule is Cl.N#Cc1cccc([C@H](N)CF)c1. The van der Waals surface area contributed by atoms with E-state index in [4.69, 9.17) is 11.0 Å². The van der Waals surface area contributed by atoms with Crippen molar-refractivity contribution in [3.05, 3.63) is 35.4 Å². The molecule has 0 aliphatic carbocycles. The van der Waals surface area contributed by atoms with E-state index in [9.17, 15) is 4.39 Å². The first-order valence-corrected chi connectivity index (χ1v) is 3.59. The average molecular weight is 201 g/mol. The average Bonchev–Trinajstić information content (AvgIpc) is 2.17. The molecular weight excluding hydrogens is 191 g/mol. The van der Waals surface area contributed by atoms with E-state index in [2.05, 4.69) is 0 Å². The van der Waals surface area contributed by atoms with E-state index < -0.39 is 12.7 Å². The number of halogens is 2. The first-order chi connectivity index (χ1) is 5.77. The van der Waals surface area contributed by atoms with Crippen molar-refractivity contribution in [3.63, 3.8) is 0 Å². The molecule has 0 unspecified atom stereocenters. The van der Waals surface area contributed by atoms with Gasteiger partial charge in [0.15, 0.2) is 0 Å². The van der Waals surface area contributed by atoms with Crippen LogP contribution in [0.2, 0.25) is 0 Å². The molecule has 0 heterocycles. The maximum Gasteiger partial charge on any atom is 0.109 e. The molecule has 2 N–H and O–H groups in total. The Morgan fingerprint density at radius 3 is 2.77 bits per heavy atom. The van der Waals surface area contributed by atoms with Crippen molar-refractivity contribution in [2.24, 2.45) is 5.73 Å². The summed E-state index contributed by atoms with van der Waals surface area (Å²) in [6, 6.07) is 8.03. The van der Waals surface area contributed by atoms with E-state index in [0.29, 0.717) is 11.1 Å². The normalized spacial score (nSPS) is 11.2. The zero-order chi connectivity index (χ0) is 8.97. The molecule has 0 amide bonds. The van der Waals surface area contributed by atoms with Gasteiger partial charge in [-0.1, -0.05) is 12.1 Å². The second-order valence-electron chi connectivity index (χ2n) is 2.50. The van der Waals surface area contributed by atoms with Crippen LogP contribution in [0.25, 0.3) is 0 Å². The molecule has 1 rings (SSSR count). The van der Waals surface area contributed by atoms with E-state index in [1.54, 1.807) is 24.3 Å². The van der Waals surface area contributed by atoms with Gasteiger partial charge in [0.05, 0.1) is 17.7 Å². The summed E-state index contributed by atoms with van der Waals surface area (Å²) in [4.78, 5) is 0. The second-order valence-corrected chi connectivity index (χ2v) is 2.50. The number of rotatable bonds is 2. The van der Waals surface area contributed by atoms with Gasteiger partial charge in [0.25, 0.3) is 0 Å². The van der Waals surface area contributed by atoms with Crippen molar-refractivity contribution >= 4 is 12.4 Å². The predicted octanol–water partition coefficient (Wildman–Crippen LogP) is 1.95. The summed E-state index contributed by atoms with van der Waals surface area (Å²) in [5, 5.41) is 8.53. The van der Waals surface area contributed by atoms with Crippen LogP contribution < -0.4 is 5.73 Å². The topological polar surface area (TPSA) is 49.8 Å². The lowest BCUT2D eigenvalue weighted by atomic mass is 10.1. The van der Waals surface area contributed by atoms with Crippen molar-refractivity contribution in [1.29, 1.82) is 5.26 Å². The smallest absolute Gasteiger partial charge is 0.109 e. The number of hydrogen-bond acceptors (Lipinski definition) is 2. The minimum Gasteiger partial charge on any atom is -0.322 e. The van der Waals surface area contributed by atoms with Crippen LogP contribution in [0.5, 0.6) is 0 Å². The maximum atomic E-state index is 12.1. The van der Waals surface area contributed by atoms with Gasteiger partial charge < -0.3 is 5.73 Å². The lowest BCUT2D eigenvalue weighted by molar-refractivity contribution is 0.437. The monoisotopic (exact) mass is 200 g/mol. The van der Waals surface area contributed by atoms with E-state index in [1.165, 1.54) is 0 Å². The summed E-state index contributed by atoms with van der Waals surface area (Å²) >= 11 is 0. The number of nitrogens with zero attached hydrogens (tertiary/aromatic N) is 1. The lowest BCUT2D eigenvalue weighted by Crippen LogP contribution is -2.11.